The summed E-state index contributed by atoms with van der Waals surface area (Å²) in [7, 11) is 1.62. The van der Waals surface area contributed by atoms with Crippen LogP contribution < -0.4 is 14.8 Å². The number of carbonyl (C=O) groups excluding carboxylic acids is 1. The Hall–Kier alpha value is -3.79. The van der Waals surface area contributed by atoms with Gasteiger partial charge in [0.1, 0.15) is 18.1 Å². The topological polar surface area (TPSA) is 104 Å². The van der Waals surface area contributed by atoms with Crippen LogP contribution in [-0.4, -0.2) is 38.2 Å². The van der Waals surface area contributed by atoms with Crippen LogP contribution in [0.15, 0.2) is 53.9 Å². The number of aromatic nitrogens is 5. The first-order chi connectivity index (χ1) is 15.5. The number of ether oxygens (including phenoxy) is 2. The van der Waals surface area contributed by atoms with Gasteiger partial charge in [0.05, 0.1) is 18.8 Å². The number of thiazole rings is 1. The van der Waals surface area contributed by atoms with E-state index in [9.17, 15) is 4.79 Å². The third-order valence-electron chi connectivity index (χ3n) is 4.62. The van der Waals surface area contributed by atoms with Crippen molar-refractivity contribution in [3.8, 4) is 22.8 Å². The van der Waals surface area contributed by atoms with Crippen LogP contribution in [0.2, 0.25) is 0 Å². The van der Waals surface area contributed by atoms with Crippen molar-refractivity contribution in [1.82, 2.24) is 25.2 Å². The van der Waals surface area contributed by atoms with E-state index in [-0.39, 0.29) is 18.6 Å². The maximum absolute atomic E-state index is 12.6. The summed E-state index contributed by atoms with van der Waals surface area (Å²) >= 11 is 1.36. The summed E-state index contributed by atoms with van der Waals surface area (Å²) in [5.74, 6) is 1.77. The lowest BCUT2D eigenvalue weighted by molar-refractivity contribution is 0.102. The number of hydrogen-bond acceptors (Lipinski definition) is 8. The highest BCUT2D eigenvalue weighted by Crippen LogP contribution is 2.27. The van der Waals surface area contributed by atoms with Gasteiger partial charge < -0.3 is 9.47 Å². The molecule has 0 saturated heterocycles. The van der Waals surface area contributed by atoms with E-state index in [1.54, 1.807) is 36.1 Å². The highest BCUT2D eigenvalue weighted by atomic mass is 32.1. The Bertz CT molecular complexity index is 1200. The van der Waals surface area contributed by atoms with Gasteiger partial charge in [-0.2, -0.15) is 0 Å². The van der Waals surface area contributed by atoms with Crippen LogP contribution in [0.25, 0.3) is 11.3 Å². The molecule has 4 rings (SSSR count). The fraction of sp³-hybridized carbons (Fsp3) is 0.227. The van der Waals surface area contributed by atoms with E-state index in [0.29, 0.717) is 22.3 Å². The molecule has 1 amide bonds. The number of nitrogens with one attached hydrogen (secondary N) is 1. The highest BCUT2D eigenvalue weighted by Gasteiger charge is 2.12. The summed E-state index contributed by atoms with van der Waals surface area (Å²) in [6.45, 7) is 4.23. The van der Waals surface area contributed by atoms with E-state index in [2.05, 4.69) is 25.8 Å². The number of amides is 1. The molecule has 0 saturated carbocycles. The van der Waals surface area contributed by atoms with Crippen molar-refractivity contribution >= 4 is 22.4 Å². The Balaban J connectivity index is 1.37. The van der Waals surface area contributed by atoms with Gasteiger partial charge in [0.15, 0.2) is 11.0 Å². The van der Waals surface area contributed by atoms with Crippen molar-refractivity contribution in [3.05, 3.63) is 65.3 Å². The Labute approximate surface area is 189 Å². The van der Waals surface area contributed by atoms with Crippen molar-refractivity contribution in [2.24, 2.45) is 0 Å². The summed E-state index contributed by atoms with van der Waals surface area (Å²) in [6, 6.07) is 14.6. The molecule has 0 unspecified atom stereocenters. The summed E-state index contributed by atoms with van der Waals surface area (Å²) in [6.07, 6.45) is 0. The second-order valence-electron chi connectivity index (χ2n) is 7.17. The zero-order chi connectivity index (χ0) is 22.5. The number of carbonyl (C=O) groups is 1. The minimum atomic E-state index is -0.244. The van der Waals surface area contributed by atoms with Gasteiger partial charge in [0, 0.05) is 16.5 Å². The van der Waals surface area contributed by atoms with E-state index in [4.69, 9.17) is 9.47 Å². The monoisotopic (exact) mass is 450 g/mol. The molecule has 4 aromatic rings. The van der Waals surface area contributed by atoms with E-state index in [1.165, 1.54) is 11.3 Å². The number of hydrogen-bond donors (Lipinski definition) is 1. The highest BCUT2D eigenvalue weighted by molar-refractivity contribution is 7.14. The second-order valence-corrected chi connectivity index (χ2v) is 8.03. The van der Waals surface area contributed by atoms with Crippen LogP contribution in [-0.2, 0) is 6.61 Å². The number of tetrazole rings is 1. The molecule has 2 heterocycles. The normalized spacial score (nSPS) is 10.9. The van der Waals surface area contributed by atoms with E-state index < -0.39 is 0 Å². The number of anilines is 1. The molecule has 2 aromatic carbocycles. The van der Waals surface area contributed by atoms with Gasteiger partial charge in [-0.15, -0.1) is 16.4 Å². The molecule has 0 atom stereocenters. The lowest BCUT2D eigenvalue weighted by Gasteiger charge is -2.09. The molecule has 0 aliphatic carbocycles. The van der Waals surface area contributed by atoms with Crippen molar-refractivity contribution < 1.29 is 14.3 Å². The fourth-order valence-electron chi connectivity index (χ4n) is 2.97. The standard InChI is InChI=1S/C22H22N6O3S/c1-14(2)28-20(25-26-27-28)12-31-17-9-7-15(8-10-17)21(29)24-22-23-19(13-32-22)16-5-4-6-18(11-16)30-3/h4-11,13-14H,12H2,1-3H3,(H,23,24,29). The number of benzene rings is 2. The van der Waals surface area contributed by atoms with Crippen LogP contribution in [0, 0.1) is 0 Å². The SMILES string of the molecule is COc1cccc(-c2csc(NC(=O)c3ccc(OCc4nnnn4C(C)C)cc3)n2)c1. The first kappa shape index (κ1) is 21.4. The number of methoxy groups -OCH3 is 1. The predicted octanol–water partition coefficient (Wildman–Crippen LogP) is 4.22. The predicted molar refractivity (Wildman–Crippen MR) is 121 cm³/mol. The Morgan fingerprint density at radius 2 is 1.97 bits per heavy atom. The molecular weight excluding hydrogens is 428 g/mol. The molecule has 164 valence electrons. The summed E-state index contributed by atoms with van der Waals surface area (Å²) in [5, 5.41) is 16.9. The largest absolute Gasteiger partial charge is 0.497 e. The third kappa shape index (κ3) is 4.92. The minimum absolute atomic E-state index is 0.143. The maximum Gasteiger partial charge on any atom is 0.257 e. The number of nitrogens with zero attached hydrogens (tertiary/aromatic N) is 5. The van der Waals surface area contributed by atoms with Gasteiger partial charge in [0.2, 0.25) is 0 Å². The molecule has 10 heteroatoms. The molecule has 1 N–H and O–H groups in total. The van der Waals surface area contributed by atoms with E-state index in [1.807, 2.05) is 43.5 Å². The van der Waals surface area contributed by atoms with Gasteiger partial charge in [-0.25, -0.2) is 9.67 Å². The lowest BCUT2D eigenvalue weighted by Crippen LogP contribution is -2.12. The smallest absolute Gasteiger partial charge is 0.257 e. The Morgan fingerprint density at radius 3 is 2.72 bits per heavy atom. The van der Waals surface area contributed by atoms with Gasteiger partial charge in [-0.1, -0.05) is 12.1 Å². The summed E-state index contributed by atoms with van der Waals surface area (Å²) < 4.78 is 12.7. The molecule has 0 aliphatic rings. The van der Waals surface area contributed by atoms with Gasteiger partial charge in [-0.3, -0.25) is 10.1 Å². The Kier molecular flexibility index (Phi) is 6.41. The average Bonchev–Trinajstić information content (AvgIpc) is 3.48. The third-order valence-corrected chi connectivity index (χ3v) is 5.38. The maximum atomic E-state index is 12.6. The zero-order valence-corrected chi connectivity index (χ0v) is 18.7. The van der Waals surface area contributed by atoms with Crippen molar-refractivity contribution in [2.75, 3.05) is 12.4 Å². The lowest BCUT2D eigenvalue weighted by atomic mass is 10.2. The molecule has 0 radical (unpaired) electrons. The first-order valence-electron chi connectivity index (χ1n) is 9.94. The first-order valence-corrected chi connectivity index (χ1v) is 10.8. The molecule has 0 spiro atoms. The minimum Gasteiger partial charge on any atom is -0.497 e. The molecule has 0 fully saturated rings. The molecule has 0 aliphatic heterocycles. The summed E-state index contributed by atoms with van der Waals surface area (Å²) in [4.78, 5) is 17.1. The van der Waals surface area contributed by atoms with Crippen molar-refractivity contribution in [1.29, 1.82) is 0 Å². The number of rotatable bonds is 8. The van der Waals surface area contributed by atoms with Crippen LogP contribution in [0.1, 0.15) is 36.1 Å². The van der Waals surface area contributed by atoms with Gasteiger partial charge >= 0.3 is 0 Å². The van der Waals surface area contributed by atoms with E-state index >= 15 is 0 Å². The average molecular weight is 451 g/mol. The molecule has 32 heavy (non-hydrogen) atoms. The second kappa shape index (κ2) is 9.56. The van der Waals surface area contributed by atoms with Gasteiger partial charge in [0.25, 0.3) is 5.91 Å². The quantitative estimate of drug-likeness (QED) is 0.429. The Morgan fingerprint density at radius 1 is 1.16 bits per heavy atom. The summed E-state index contributed by atoms with van der Waals surface area (Å²) in [5.41, 5.74) is 2.20. The fourth-order valence-corrected chi connectivity index (χ4v) is 3.69. The molecular formula is C22H22N6O3S. The van der Waals surface area contributed by atoms with Crippen LogP contribution in [0.4, 0.5) is 5.13 Å². The van der Waals surface area contributed by atoms with Crippen LogP contribution in [0.5, 0.6) is 11.5 Å². The van der Waals surface area contributed by atoms with Crippen molar-refractivity contribution in [3.63, 3.8) is 0 Å². The van der Waals surface area contributed by atoms with Crippen LogP contribution >= 0.6 is 11.3 Å². The van der Waals surface area contributed by atoms with E-state index in [0.717, 1.165) is 17.0 Å². The molecule has 9 nitrogen and oxygen atoms in total. The zero-order valence-electron chi connectivity index (χ0n) is 17.8. The molecule has 0 bridgehead atoms. The van der Waals surface area contributed by atoms with Gasteiger partial charge in [-0.05, 0) is 60.7 Å². The van der Waals surface area contributed by atoms with Crippen LogP contribution in [0.3, 0.4) is 0 Å². The van der Waals surface area contributed by atoms with Crippen molar-refractivity contribution in [2.45, 2.75) is 26.5 Å². The molecule has 2 aromatic heterocycles.